The molecule has 0 saturated heterocycles. The zero-order valence-corrected chi connectivity index (χ0v) is 13.6. The van der Waals surface area contributed by atoms with Gasteiger partial charge in [-0.05, 0) is 30.9 Å². The number of hydrogen-bond donors (Lipinski definition) is 1. The van der Waals surface area contributed by atoms with Crippen LogP contribution in [-0.4, -0.2) is 18.2 Å². The lowest BCUT2D eigenvalue weighted by molar-refractivity contribution is 0.600. The lowest BCUT2D eigenvalue weighted by atomic mass is 9.97. The smallest absolute Gasteiger partial charge is 0.265 e. The lowest BCUT2D eigenvalue weighted by Crippen LogP contribution is -2.15. The summed E-state index contributed by atoms with van der Waals surface area (Å²) in [5, 5.41) is 4.09. The standard InChI is InChI=1S/C15H21N3O2S/c1-5-11(2)13-8-6-7-9-14(13)17-21(19,20)15-10-18(4)16-12(15)3/h6-11,17H,5H2,1-4H3. The van der Waals surface area contributed by atoms with E-state index in [1.54, 1.807) is 20.0 Å². The third kappa shape index (κ3) is 3.26. The first-order chi connectivity index (χ1) is 9.85. The molecule has 1 N–H and O–H groups in total. The molecule has 0 fully saturated rings. The van der Waals surface area contributed by atoms with Crippen molar-refractivity contribution in [2.45, 2.75) is 38.0 Å². The van der Waals surface area contributed by atoms with Crippen LogP contribution in [0.4, 0.5) is 5.69 Å². The molecule has 1 atom stereocenters. The molecule has 1 aromatic heterocycles. The zero-order chi connectivity index (χ0) is 15.6. The van der Waals surface area contributed by atoms with Gasteiger partial charge in [-0.3, -0.25) is 9.40 Å². The number of nitrogens with zero attached hydrogens (tertiary/aromatic N) is 2. The maximum absolute atomic E-state index is 12.5. The van der Waals surface area contributed by atoms with Gasteiger partial charge in [-0.1, -0.05) is 32.0 Å². The highest BCUT2D eigenvalue weighted by molar-refractivity contribution is 7.92. The van der Waals surface area contributed by atoms with Crippen molar-refractivity contribution in [1.82, 2.24) is 9.78 Å². The molecule has 2 aromatic rings. The van der Waals surface area contributed by atoms with Crippen LogP contribution in [0.25, 0.3) is 0 Å². The summed E-state index contributed by atoms with van der Waals surface area (Å²) in [6.07, 6.45) is 2.47. The molecule has 114 valence electrons. The van der Waals surface area contributed by atoms with Gasteiger partial charge in [0.1, 0.15) is 4.90 Å². The third-order valence-corrected chi connectivity index (χ3v) is 5.07. The molecule has 1 unspecified atom stereocenters. The summed E-state index contributed by atoms with van der Waals surface area (Å²) in [6.45, 7) is 5.86. The first-order valence-electron chi connectivity index (χ1n) is 6.97. The van der Waals surface area contributed by atoms with Gasteiger partial charge < -0.3 is 0 Å². The number of hydrogen-bond acceptors (Lipinski definition) is 3. The first-order valence-corrected chi connectivity index (χ1v) is 8.45. The van der Waals surface area contributed by atoms with Crippen molar-refractivity contribution in [1.29, 1.82) is 0 Å². The second kappa shape index (κ2) is 5.89. The van der Waals surface area contributed by atoms with Crippen LogP contribution in [0, 0.1) is 6.92 Å². The van der Waals surface area contributed by atoms with Crippen LogP contribution in [0.1, 0.15) is 37.4 Å². The molecular weight excluding hydrogens is 286 g/mol. The average molecular weight is 307 g/mol. The lowest BCUT2D eigenvalue weighted by Gasteiger charge is -2.16. The molecule has 0 saturated carbocycles. The normalized spacial score (nSPS) is 13.1. The van der Waals surface area contributed by atoms with Crippen molar-refractivity contribution in [3.63, 3.8) is 0 Å². The monoisotopic (exact) mass is 307 g/mol. The highest BCUT2D eigenvalue weighted by Gasteiger charge is 2.21. The largest absolute Gasteiger partial charge is 0.279 e. The average Bonchev–Trinajstić information content (AvgIpc) is 2.78. The molecule has 0 radical (unpaired) electrons. The molecule has 0 aliphatic rings. The molecule has 0 bridgehead atoms. The predicted octanol–water partition coefficient (Wildman–Crippen LogP) is 3.04. The van der Waals surface area contributed by atoms with Crippen LogP contribution in [-0.2, 0) is 17.1 Å². The Bertz CT molecular complexity index is 735. The minimum absolute atomic E-state index is 0.212. The Labute approximate surface area is 126 Å². The Kier molecular flexibility index (Phi) is 4.37. The number of rotatable bonds is 5. The number of aryl methyl sites for hydroxylation is 2. The van der Waals surface area contributed by atoms with E-state index in [-0.39, 0.29) is 4.90 Å². The SMILES string of the molecule is CCC(C)c1ccccc1NS(=O)(=O)c1cn(C)nc1C. The molecule has 1 heterocycles. The van der Waals surface area contributed by atoms with E-state index in [9.17, 15) is 8.42 Å². The van der Waals surface area contributed by atoms with Gasteiger partial charge in [0.15, 0.2) is 0 Å². The summed E-state index contributed by atoms with van der Waals surface area (Å²) in [5.41, 5.74) is 2.13. The van der Waals surface area contributed by atoms with Gasteiger partial charge in [0.25, 0.3) is 10.0 Å². The van der Waals surface area contributed by atoms with Gasteiger partial charge in [-0.25, -0.2) is 8.42 Å². The van der Waals surface area contributed by atoms with E-state index >= 15 is 0 Å². The summed E-state index contributed by atoms with van der Waals surface area (Å²) < 4.78 is 29.3. The fourth-order valence-corrected chi connectivity index (χ4v) is 3.59. The first kappa shape index (κ1) is 15.6. The summed E-state index contributed by atoms with van der Waals surface area (Å²) in [7, 11) is -1.91. The van der Waals surface area contributed by atoms with E-state index in [2.05, 4.69) is 23.7 Å². The van der Waals surface area contributed by atoms with Crippen molar-refractivity contribution >= 4 is 15.7 Å². The van der Waals surface area contributed by atoms with E-state index < -0.39 is 10.0 Å². The Balaban J connectivity index is 2.40. The van der Waals surface area contributed by atoms with Gasteiger partial charge in [0, 0.05) is 13.2 Å². The fraction of sp³-hybridized carbons (Fsp3) is 0.400. The highest BCUT2D eigenvalue weighted by atomic mass is 32.2. The van der Waals surface area contributed by atoms with Crippen LogP contribution in [0.15, 0.2) is 35.4 Å². The minimum Gasteiger partial charge on any atom is -0.279 e. The number of sulfonamides is 1. The zero-order valence-electron chi connectivity index (χ0n) is 12.8. The molecule has 0 amide bonds. The number of nitrogens with one attached hydrogen (secondary N) is 1. The molecule has 0 spiro atoms. The summed E-state index contributed by atoms with van der Waals surface area (Å²) in [5.74, 6) is 0.291. The van der Waals surface area contributed by atoms with Crippen molar-refractivity contribution in [2.75, 3.05) is 4.72 Å². The molecule has 0 aliphatic carbocycles. The molecule has 0 aliphatic heterocycles. The minimum atomic E-state index is -3.62. The summed E-state index contributed by atoms with van der Waals surface area (Å²) in [4.78, 5) is 0.212. The fourth-order valence-electron chi connectivity index (χ4n) is 2.28. The summed E-state index contributed by atoms with van der Waals surface area (Å²) in [6, 6.07) is 7.52. The Hall–Kier alpha value is -1.82. The van der Waals surface area contributed by atoms with E-state index in [1.165, 1.54) is 10.9 Å². The topological polar surface area (TPSA) is 64.0 Å². The van der Waals surface area contributed by atoms with E-state index in [0.29, 0.717) is 17.3 Å². The van der Waals surface area contributed by atoms with Crippen LogP contribution in [0.3, 0.4) is 0 Å². The van der Waals surface area contributed by atoms with Crippen LogP contribution in [0.2, 0.25) is 0 Å². The molecule has 1 aromatic carbocycles. The Morgan fingerprint density at radius 2 is 2.00 bits per heavy atom. The van der Waals surface area contributed by atoms with Crippen LogP contribution < -0.4 is 4.72 Å². The van der Waals surface area contributed by atoms with Crippen molar-refractivity contribution in [3.05, 3.63) is 41.7 Å². The third-order valence-electron chi connectivity index (χ3n) is 3.61. The van der Waals surface area contributed by atoms with E-state index in [1.807, 2.05) is 18.2 Å². The number of aromatic nitrogens is 2. The quantitative estimate of drug-likeness (QED) is 0.923. The van der Waals surface area contributed by atoms with E-state index in [0.717, 1.165) is 12.0 Å². The van der Waals surface area contributed by atoms with Crippen LogP contribution in [0.5, 0.6) is 0 Å². The second-order valence-corrected chi connectivity index (χ2v) is 6.91. The highest BCUT2D eigenvalue weighted by Crippen LogP contribution is 2.28. The summed E-state index contributed by atoms with van der Waals surface area (Å²) >= 11 is 0. The van der Waals surface area contributed by atoms with E-state index in [4.69, 9.17) is 0 Å². The predicted molar refractivity (Wildman–Crippen MR) is 83.9 cm³/mol. The maximum atomic E-state index is 12.5. The molecule has 5 nitrogen and oxygen atoms in total. The van der Waals surface area contributed by atoms with Crippen molar-refractivity contribution < 1.29 is 8.42 Å². The molecular formula is C15H21N3O2S. The maximum Gasteiger partial charge on any atom is 0.265 e. The van der Waals surface area contributed by atoms with Gasteiger partial charge in [0.05, 0.1) is 11.4 Å². The molecule has 21 heavy (non-hydrogen) atoms. The Morgan fingerprint density at radius 3 is 2.57 bits per heavy atom. The van der Waals surface area contributed by atoms with Crippen LogP contribution >= 0.6 is 0 Å². The van der Waals surface area contributed by atoms with Gasteiger partial charge >= 0.3 is 0 Å². The van der Waals surface area contributed by atoms with Gasteiger partial charge in [-0.2, -0.15) is 5.10 Å². The number of anilines is 1. The second-order valence-electron chi connectivity index (χ2n) is 5.25. The number of benzene rings is 1. The molecule has 2 rings (SSSR count). The van der Waals surface area contributed by atoms with Crippen molar-refractivity contribution in [2.24, 2.45) is 7.05 Å². The Morgan fingerprint density at radius 1 is 1.33 bits per heavy atom. The van der Waals surface area contributed by atoms with Gasteiger partial charge in [0.2, 0.25) is 0 Å². The van der Waals surface area contributed by atoms with Crippen molar-refractivity contribution in [3.8, 4) is 0 Å². The molecule has 6 heteroatoms. The van der Waals surface area contributed by atoms with Gasteiger partial charge in [-0.15, -0.1) is 0 Å². The number of para-hydroxylation sites is 1.